The third-order valence-corrected chi connectivity index (χ3v) is 2.94. The normalized spacial score (nSPS) is 10.3. The first-order chi connectivity index (χ1) is 7.47. The van der Waals surface area contributed by atoms with Crippen molar-refractivity contribution in [3.8, 4) is 5.75 Å². The minimum absolute atomic E-state index is 0.149. The Morgan fingerprint density at radius 2 is 1.81 bits per heavy atom. The van der Waals surface area contributed by atoms with E-state index >= 15 is 0 Å². The molecule has 0 fully saturated rings. The average Bonchev–Trinajstić information content (AvgIpc) is 2.16. The first-order valence-corrected chi connectivity index (χ1v) is 5.61. The SMILES string of the molecule is COc1ccc(C(C(C)=O)C(C)=O)cc1Br. The third kappa shape index (κ3) is 2.70. The molecule has 0 atom stereocenters. The van der Waals surface area contributed by atoms with Crippen LogP contribution in [0.3, 0.4) is 0 Å². The average molecular weight is 285 g/mol. The van der Waals surface area contributed by atoms with Gasteiger partial charge in [0.25, 0.3) is 0 Å². The summed E-state index contributed by atoms with van der Waals surface area (Å²) < 4.78 is 5.82. The Hall–Kier alpha value is -1.16. The van der Waals surface area contributed by atoms with Crippen LogP contribution in [0, 0.1) is 0 Å². The second kappa shape index (κ2) is 5.25. The molecule has 0 aliphatic carbocycles. The minimum atomic E-state index is -0.679. The highest BCUT2D eigenvalue weighted by Crippen LogP contribution is 2.29. The molecule has 0 heterocycles. The van der Waals surface area contributed by atoms with Crippen molar-refractivity contribution in [1.29, 1.82) is 0 Å². The number of halogens is 1. The molecule has 1 rings (SSSR count). The van der Waals surface area contributed by atoms with E-state index in [2.05, 4.69) is 15.9 Å². The molecule has 1 aromatic carbocycles. The van der Waals surface area contributed by atoms with Crippen molar-refractivity contribution in [3.05, 3.63) is 28.2 Å². The van der Waals surface area contributed by atoms with Crippen LogP contribution in [0.15, 0.2) is 22.7 Å². The van der Waals surface area contributed by atoms with Gasteiger partial charge in [-0.2, -0.15) is 0 Å². The molecule has 0 aromatic heterocycles. The van der Waals surface area contributed by atoms with E-state index in [1.165, 1.54) is 13.8 Å². The molecule has 0 saturated heterocycles. The molecule has 86 valence electrons. The lowest BCUT2D eigenvalue weighted by molar-refractivity contribution is -0.126. The van der Waals surface area contributed by atoms with Crippen molar-refractivity contribution in [2.45, 2.75) is 19.8 Å². The predicted octanol–water partition coefficient (Wildman–Crippen LogP) is 2.72. The van der Waals surface area contributed by atoms with Crippen LogP contribution in [0.4, 0.5) is 0 Å². The van der Waals surface area contributed by atoms with Crippen molar-refractivity contribution in [1.82, 2.24) is 0 Å². The summed E-state index contributed by atoms with van der Waals surface area (Å²) >= 11 is 3.33. The molecule has 1 aromatic rings. The smallest absolute Gasteiger partial charge is 0.144 e. The lowest BCUT2D eigenvalue weighted by Gasteiger charge is -2.12. The van der Waals surface area contributed by atoms with Gasteiger partial charge in [0, 0.05) is 0 Å². The summed E-state index contributed by atoms with van der Waals surface area (Å²) in [6.07, 6.45) is 0. The molecule has 3 nitrogen and oxygen atoms in total. The van der Waals surface area contributed by atoms with Gasteiger partial charge in [0.05, 0.1) is 11.6 Å². The van der Waals surface area contributed by atoms with E-state index in [4.69, 9.17) is 4.74 Å². The van der Waals surface area contributed by atoms with Gasteiger partial charge in [-0.25, -0.2) is 0 Å². The molecule has 4 heteroatoms. The van der Waals surface area contributed by atoms with Crippen LogP contribution < -0.4 is 4.74 Å². The van der Waals surface area contributed by atoms with Gasteiger partial charge in [-0.1, -0.05) is 6.07 Å². The maximum Gasteiger partial charge on any atom is 0.144 e. The number of hydrogen-bond donors (Lipinski definition) is 0. The Bertz CT molecular complexity index is 412. The molecule has 0 radical (unpaired) electrons. The summed E-state index contributed by atoms with van der Waals surface area (Å²) in [4.78, 5) is 22.8. The van der Waals surface area contributed by atoms with E-state index in [1.807, 2.05) is 0 Å². The molecule has 16 heavy (non-hydrogen) atoms. The second-order valence-corrected chi connectivity index (χ2v) is 4.40. The topological polar surface area (TPSA) is 43.4 Å². The van der Waals surface area contributed by atoms with Crippen LogP contribution in [0.1, 0.15) is 25.3 Å². The van der Waals surface area contributed by atoms with Crippen LogP contribution in [0.2, 0.25) is 0 Å². The van der Waals surface area contributed by atoms with Crippen molar-refractivity contribution >= 4 is 27.5 Å². The summed E-state index contributed by atoms with van der Waals surface area (Å²) in [6, 6.07) is 5.21. The van der Waals surface area contributed by atoms with Gasteiger partial charge in [-0.15, -0.1) is 0 Å². The van der Waals surface area contributed by atoms with Gasteiger partial charge in [-0.3, -0.25) is 9.59 Å². The zero-order valence-corrected chi connectivity index (χ0v) is 11.0. The fourth-order valence-electron chi connectivity index (χ4n) is 1.62. The summed E-state index contributed by atoms with van der Waals surface area (Å²) in [5, 5.41) is 0. The zero-order valence-electron chi connectivity index (χ0n) is 9.41. The first kappa shape index (κ1) is 12.9. The number of benzene rings is 1. The summed E-state index contributed by atoms with van der Waals surface area (Å²) in [5.41, 5.74) is 0.688. The Morgan fingerprint density at radius 1 is 1.25 bits per heavy atom. The van der Waals surface area contributed by atoms with Crippen molar-refractivity contribution < 1.29 is 14.3 Å². The second-order valence-electron chi connectivity index (χ2n) is 3.55. The Balaban J connectivity index is 3.17. The van der Waals surface area contributed by atoms with Gasteiger partial charge >= 0.3 is 0 Å². The van der Waals surface area contributed by atoms with E-state index in [0.717, 1.165) is 4.47 Å². The van der Waals surface area contributed by atoms with Crippen LogP contribution in [-0.2, 0) is 9.59 Å². The Morgan fingerprint density at radius 3 is 2.19 bits per heavy atom. The van der Waals surface area contributed by atoms with E-state index < -0.39 is 5.92 Å². The third-order valence-electron chi connectivity index (χ3n) is 2.32. The Labute approximate surface area is 103 Å². The van der Waals surface area contributed by atoms with Crippen molar-refractivity contribution in [2.75, 3.05) is 7.11 Å². The molecule has 0 aliphatic heterocycles. The number of ether oxygens (including phenoxy) is 1. The number of carbonyl (C=O) groups is 2. The van der Waals surface area contributed by atoms with E-state index in [1.54, 1.807) is 25.3 Å². The Kier molecular flexibility index (Phi) is 4.24. The van der Waals surface area contributed by atoms with E-state index in [9.17, 15) is 9.59 Å². The number of Topliss-reactive ketones (excluding diaryl/α,β-unsaturated/α-hetero) is 2. The first-order valence-electron chi connectivity index (χ1n) is 4.81. The number of rotatable bonds is 4. The van der Waals surface area contributed by atoms with Crippen LogP contribution in [-0.4, -0.2) is 18.7 Å². The number of ketones is 2. The molecule has 0 N–H and O–H groups in total. The van der Waals surface area contributed by atoms with Crippen LogP contribution in [0.5, 0.6) is 5.75 Å². The fraction of sp³-hybridized carbons (Fsp3) is 0.333. The van der Waals surface area contributed by atoms with Gasteiger partial charge < -0.3 is 4.74 Å². The molecule has 0 spiro atoms. The summed E-state index contributed by atoms with van der Waals surface area (Å²) in [6.45, 7) is 2.84. The minimum Gasteiger partial charge on any atom is -0.496 e. The van der Waals surface area contributed by atoms with Gasteiger partial charge in [0.2, 0.25) is 0 Å². The lowest BCUT2D eigenvalue weighted by atomic mass is 9.92. The quantitative estimate of drug-likeness (QED) is 0.799. The standard InChI is InChI=1S/C12H13BrO3/c1-7(14)12(8(2)15)9-4-5-11(16-3)10(13)6-9/h4-6,12H,1-3H3. The molecule has 0 amide bonds. The fourth-order valence-corrected chi connectivity index (χ4v) is 2.18. The molecule has 0 unspecified atom stereocenters. The molecule has 0 saturated carbocycles. The molecular formula is C12H13BrO3. The largest absolute Gasteiger partial charge is 0.496 e. The van der Waals surface area contributed by atoms with E-state index in [-0.39, 0.29) is 11.6 Å². The van der Waals surface area contributed by atoms with Crippen LogP contribution in [0.25, 0.3) is 0 Å². The van der Waals surface area contributed by atoms with Crippen molar-refractivity contribution in [3.63, 3.8) is 0 Å². The van der Waals surface area contributed by atoms with Crippen molar-refractivity contribution in [2.24, 2.45) is 0 Å². The molecular weight excluding hydrogens is 272 g/mol. The highest BCUT2D eigenvalue weighted by atomic mass is 79.9. The van der Waals surface area contributed by atoms with E-state index in [0.29, 0.717) is 11.3 Å². The molecule has 0 aliphatic rings. The number of hydrogen-bond acceptors (Lipinski definition) is 3. The lowest BCUT2D eigenvalue weighted by Crippen LogP contribution is -2.17. The monoisotopic (exact) mass is 284 g/mol. The summed E-state index contributed by atoms with van der Waals surface area (Å²) in [5.74, 6) is -0.300. The zero-order chi connectivity index (χ0) is 12.3. The number of methoxy groups -OCH3 is 1. The highest BCUT2D eigenvalue weighted by Gasteiger charge is 2.22. The number of carbonyl (C=O) groups excluding carboxylic acids is 2. The maximum absolute atomic E-state index is 11.4. The van der Waals surface area contributed by atoms with Gasteiger partial charge in [0.1, 0.15) is 23.2 Å². The highest BCUT2D eigenvalue weighted by molar-refractivity contribution is 9.10. The predicted molar refractivity (Wildman–Crippen MR) is 64.8 cm³/mol. The van der Waals surface area contributed by atoms with Crippen LogP contribution >= 0.6 is 15.9 Å². The van der Waals surface area contributed by atoms with Gasteiger partial charge in [0.15, 0.2) is 0 Å². The van der Waals surface area contributed by atoms with Gasteiger partial charge in [-0.05, 0) is 47.5 Å². The summed E-state index contributed by atoms with van der Waals surface area (Å²) in [7, 11) is 1.56. The maximum atomic E-state index is 11.4. The molecule has 0 bridgehead atoms.